The fourth-order valence-electron chi connectivity index (χ4n) is 1.80. The molecule has 0 amide bonds. The van der Waals surface area contributed by atoms with Crippen LogP contribution in [0.25, 0.3) is 0 Å². The quantitative estimate of drug-likeness (QED) is 0.787. The Morgan fingerprint density at radius 3 is 2.76 bits per heavy atom. The normalized spacial score (nSPS) is 15.0. The summed E-state index contributed by atoms with van der Waals surface area (Å²) >= 11 is 0. The van der Waals surface area contributed by atoms with Crippen molar-refractivity contribution in [3.8, 4) is 0 Å². The van der Waals surface area contributed by atoms with E-state index in [9.17, 15) is 4.79 Å². The molecule has 1 N–H and O–H groups in total. The average Bonchev–Trinajstić information content (AvgIpc) is 3.09. The summed E-state index contributed by atoms with van der Waals surface area (Å²) in [5.41, 5.74) is 3.43. The van der Waals surface area contributed by atoms with Crippen LogP contribution in [0.3, 0.4) is 0 Å². The maximum Gasteiger partial charge on any atom is 0.320 e. The van der Waals surface area contributed by atoms with E-state index in [1.807, 2.05) is 20.9 Å². The number of rotatable bonds is 5. The van der Waals surface area contributed by atoms with E-state index in [1.54, 1.807) is 0 Å². The molecule has 1 saturated carbocycles. The van der Waals surface area contributed by atoms with Crippen LogP contribution in [-0.4, -0.2) is 23.1 Å². The zero-order valence-electron chi connectivity index (χ0n) is 10.7. The smallest absolute Gasteiger partial charge is 0.320 e. The summed E-state index contributed by atoms with van der Waals surface area (Å²) in [6, 6.07) is 2.61. The number of ether oxygens (including phenoxy) is 1. The minimum absolute atomic E-state index is 0.169. The van der Waals surface area contributed by atoms with Gasteiger partial charge >= 0.3 is 5.97 Å². The van der Waals surface area contributed by atoms with Crippen LogP contribution >= 0.6 is 0 Å². The Balaban J connectivity index is 1.79. The number of carbonyl (C=O) groups excluding carboxylic acids is 1. The lowest BCUT2D eigenvalue weighted by Gasteiger charge is -2.06. The zero-order valence-corrected chi connectivity index (χ0v) is 10.7. The fourth-order valence-corrected chi connectivity index (χ4v) is 1.80. The van der Waals surface area contributed by atoms with E-state index >= 15 is 0 Å². The molecule has 0 aromatic carbocycles. The molecule has 0 spiro atoms. The van der Waals surface area contributed by atoms with E-state index in [0.717, 1.165) is 11.3 Å². The van der Waals surface area contributed by atoms with Gasteiger partial charge in [0.2, 0.25) is 0 Å². The van der Waals surface area contributed by atoms with Gasteiger partial charge in [-0.15, -0.1) is 0 Å². The second-order valence-corrected chi connectivity index (χ2v) is 4.77. The van der Waals surface area contributed by atoms with Gasteiger partial charge in [-0.3, -0.25) is 4.79 Å². The van der Waals surface area contributed by atoms with Gasteiger partial charge in [0.25, 0.3) is 0 Å². The van der Waals surface area contributed by atoms with Crippen molar-refractivity contribution in [2.75, 3.05) is 6.54 Å². The lowest BCUT2D eigenvalue weighted by molar-refractivity contribution is -0.143. The average molecular weight is 236 g/mol. The molecule has 4 nitrogen and oxygen atoms in total. The van der Waals surface area contributed by atoms with Crippen molar-refractivity contribution in [3.63, 3.8) is 0 Å². The van der Waals surface area contributed by atoms with Crippen molar-refractivity contribution in [2.45, 2.75) is 39.3 Å². The van der Waals surface area contributed by atoms with Gasteiger partial charge in [0.15, 0.2) is 0 Å². The molecule has 0 radical (unpaired) electrons. The first kappa shape index (κ1) is 12.2. The van der Waals surface area contributed by atoms with Gasteiger partial charge in [-0.1, -0.05) is 0 Å². The van der Waals surface area contributed by atoms with Crippen LogP contribution in [-0.2, 0) is 23.2 Å². The van der Waals surface area contributed by atoms with Crippen molar-refractivity contribution in [1.29, 1.82) is 0 Å². The Labute approximate surface area is 102 Å². The number of aryl methyl sites for hydroxylation is 1. The second-order valence-electron chi connectivity index (χ2n) is 4.77. The Morgan fingerprint density at radius 1 is 1.53 bits per heavy atom. The Bertz CT molecular complexity index is 419. The minimum Gasteiger partial charge on any atom is -0.460 e. The SMILES string of the molecule is Cc1cc(COC(=O)CNC2CC2)c(C)n1C. The van der Waals surface area contributed by atoms with Crippen LogP contribution < -0.4 is 5.32 Å². The Kier molecular flexibility index (Phi) is 3.52. The van der Waals surface area contributed by atoms with Crippen molar-refractivity contribution >= 4 is 5.97 Å². The van der Waals surface area contributed by atoms with Crippen molar-refractivity contribution < 1.29 is 9.53 Å². The lowest BCUT2D eigenvalue weighted by Crippen LogP contribution is -2.26. The van der Waals surface area contributed by atoms with E-state index in [-0.39, 0.29) is 5.97 Å². The molecule has 1 aromatic heterocycles. The van der Waals surface area contributed by atoms with Crippen molar-refractivity contribution in [2.24, 2.45) is 7.05 Å². The van der Waals surface area contributed by atoms with Crippen LogP contribution in [0.1, 0.15) is 29.8 Å². The first-order valence-electron chi connectivity index (χ1n) is 6.08. The van der Waals surface area contributed by atoms with E-state index < -0.39 is 0 Å². The topological polar surface area (TPSA) is 43.3 Å². The third-order valence-electron chi connectivity index (χ3n) is 3.38. The van der Waals surface area contributed by atoms with Gasteiger partial charge in [-0.2, -0.15) is 0 Å². The number of esters is 1. The summed E-state index contributed by atoms with van der Waals surface area (Å²) in [5, 5.41) is 3.14. The number of hydrogen-bond donors (Lipinski definition) is 1. The van der Waals surface area contributed by atoms with Gasteiger partial charge in [0, 0.05) is 30.0 Å². The van der Waals surface area contributed by atoms with E-state index in [2.05, 4.69) is 16.0 Å². The molecule has 1 aromatic rings. The lowest BCUT2D eigenvalue weighted by atomic mass is 10.2. The Morgan fingerprint density at radius 2 is 2.24 bits per heavy atom. The predicted octanol–water partition coefficient (Wildman–Crippen LogP) is 1.44. The van der Waals surface area contributed by atoms with E-state index in [4.69, 9.17) is 4.74 Å². The van der Waals surface area contributed by atoms with Crippen LogP contribution in [0.5, 0.6) is 0 Å². The van der Waals surface area contributed by atoms with Gasteiger partial charge in [-0.05, 0) is 32.8 Å². The summed E-state index contributed by atoms with van der Waals surface area (Å²) in [6.45, 7) is 4.79. The minimum atomic E-state index is -0.169. The monoisotopic (exact) mass is 236 g/mol. The summed E-state index contributed by atoms with van der Waals surface area (Å²) in [5.74, 6) is -0.169. The van der Waals surface area contributed by atoms with Gasteiger partial charge in [0.05, 0.1) is 6.54 Å². The number of nitrogens with zero attached hydrogens (tertiary/aromatic N) is 1. The van der Waals surface area contributed by atoms with Crippen molar-refractivity contribution in [1.82, 2.24) is 9.88 Å². The second kappa shape index (κ2) is 4.92. The molecule has 0 unspecified atom stereocenters. The first-order chi connectivity index (χ1) is 8.08. The molecule has 1 fully saturated rings. The number of nitrogens with one attached hydrogen (secondary N) is 1. The highest BCUT2D eigenvalue weighted by atomic mass is 16.5. The van der Waals surface area contributed by atoms with Crippen LogP contribution in [0, 0.1) is 13.8 Å². The third kappa shape index (κ3) is 3.09. The van der Waals surface area contributed by atoms with Crippen LogP contribution in [0.15, 0.2) is 6.07 Å². The molecule has 17 heavy (non-hydrogen) atoms. The molecule has 4 heteroatoms. The molecule has 0 saturated heterocycles. The highest BCUT2D eigenvalue weighted by molar-refractivity contribution is 5.71. The molecular formula is C13H20N2O2. The number of hydrogen-bond acceptors (Lipinski definition) is 3. The molecule has 1 aliphatic carbocycles. The molecule has 0 aliphatic heterocycles. The zero-order chi connectivity index (χ0) is 12.4. The summed E-state index contributed by atoms with van der Waals surface area (Å²) in [4.78, 5) is 11.5. The first-order valence-corrected chi connectivity index (χ1v) is 6.08. The van der Waals surface area contributed by atoms with Gasteiger partial charge < -0.3 is 14.6 Å². The Hall–Kier alpha value is -1.29. The number of carbonyl (C=O) groups is 1. The van der Waals surface area contributed by atoms with E-state index in [1.165, 1.54) is 18.5 Å². The molecule has 1 aliphatic rings. The standard InChI is InChI=1S/C13H20N2O2/c1-9-6-11(10(2)15(9)3)8-17-13(16)7-14-12-4-5-12/h6,12,14H,4-5,7-8H2,1-3H3. The van der Waals surface area contributed by atoms with Gasteiger partial charge in [-0.25, -0.2) is 0 Å². The van der Waals surface area contributed by atoms with E-state index in [0.29, 0.717) is 19.2 Å². The molecule has 2 rings (SSSR count). The van der Waals surface area contributed by atoms with Crippen LogP contribution in [0.4, 0.5) is 0 Å². The third-order valence-corrected chi connectivity index (χ3v) is 3.38. The molecule has 0 bridgehead atoms. The highest BCUT2D eigenvalue weighted by Crippen LogP contribution is 2.18. The summed E-state index contributed by atoms with van der Waals surface area (Å²) in [7, 11) is 2.02. The molecule has 94 valence electrons. The largest absolute Gasteiger partial charge is 0.460 e. The summed E-state index contributed by atoms with van der Waals surface area (Å²) in [6.07, 6.45) is 2.37. The van der Waals surface area contributed by atoms with Gasteiger partial charge in [0.1, 0.15) is 6.61 Å². The highest BCUT2D eigenvalue weighted by Gasteiger charge is 2.21. The molecule has 1 heterocycles. The molecule has 0 atom stereocenters. The predicted molar refractivity (Wildman–Crippen MR) is 65.7 cm³/mol. The fraction of sp³-hybridized carbons (Fsp3) is 0.615. The van der Waals surface area contributed by atoms with Crippen molar-refractivity contribution in [3.05, 3.63) is 23.0 Å². The number of aromatic nitrogens is 1. The molecular weight excluding hydrogens is 216 g/mol. The maximum absolute atomic E-state index is 11.5. The van der Waals surface area contributed by atoms with Crippen LogP contribution in [0.2, 0.25) is 0 Å². The summed E-state index contributed by atoms with van der Waals surface area (Å²) < 4.78 is 7.34. The maximum atomic E-state index is 11.5.